The molecular weight excluding hydrogens is 292 g/mol. The summed E-state index contributed by atoms with van der Waals surface area (Å²) in [4.78, 5) is 6.96. The summed E-state index contributed by atoms with van der Waals surface area (Å²) in [5.74, 6) is 1.34. The minimum Gasteiger partial charge on any atom is -0.396 e. The van der Waals surface area contributed by atoms with Crippen LogP contribution >= 0.6 is 0 Å². The normalized spacial score (nSPS) is 13.4. The third-order valence-electron chi connectivity index (χ3n) is 3.76. The Morgan fingerprint density at radius 2 is 2.00 bits per heavy atom. The Kier molecular flexibility index (Phi) is 15.4. The lowest BCUT2D eigenvalue weighted by molar-refractivity contribution is 0.180. The first-order chi connectivity index (χ1) is 11.2. The average Bonchev–Trinajstić information content (AvgIpc) is 2.53. The van der Waals surface area contributed by atoms with Crippen LogP contribution in [0.3, 0.4) is 0 Å². The lowest BCUT2D eigenvalue weighted by atomic mass is 10.0. The van der Waals surface area contributed by atoms with Crippen LogP contribution in [0.1, 0.15) is 39.5 Å². The Morgan fingerprint density at radius 1 is 1.22 bits per heavy atom. The van der Waals surface area contributed by atoms with Crippen LogP contribution in [0, 0.1) is 5.92 Å². The summed E-state index contributed by atoms with van der Waals surface area (Å²) in [6, 6.07) is 0. The third-order valence-corrected chi connectivity index (χ3v) is 3.76. The molecule has 0 saturated carbocycles. The molecule has 138 valence electrons. The van der Waals surface area contributed by atoms with E-state index in [9.17, 15) is 0 Å². The van der Waals surface area contributed by atoms with Crippen molar-refractivity contribution in [3.63, 3.8) is 0 Å². The molecule has 0 bridgehead atoms. The fraction of sp³-hybridized carbons (Fsp3) is 0.941. The van der Waals surface area contributed by atoms with Gasteiger partial charge in [-0.25, -0.2) is 0 Å². The van der Waals surface area contributed by atoms with Gasteiger partial charge in [-0.2, -0.15) is 0 Å². The number of aliphatic hydroxyl groups excluding tert-OH is 1. The molecule has 0 aromatic heterocycles. The van der Waals surface area contributed by atoms with Gasteiger partial charge in [0.05, 0.1) is 0 Å². The number of methoxy groups -OCH3 is 1. The predicted molar refractivity (Wildman–Crippen MR) is 98.1 cm³/mol. The molecule has 6 heteroatoms. The molecule has 0 spiro atoms. The van der Waals surface area contributed by atoms with E-state index in [2.05, 4.69) is 41.4 Å². The summed E-state index contributed by atoms with van der Waals surface area (Å²) in [6.07, 6.45) is 4.14. The van der Waals surface area contributed by atoms with Gasteiger partial charge in [0, 0.05) is 53.0 Å². The summed E-state index contributed by atoms with van der Waals surface area (Å²) < 4.78 is 5.07. The highest BCUT2D eigenvalue weighted by atomic mass is 16.5. The van der Waals surface area contributed by atoms with E-state index >= 15 is 0 Å². The van der Waals surface area contributed by atoms with E-state index in [1.54, 1.807) is 7.11 Å². The summed E-state index contributed by atoms with van der Waals surface area (Å²) in [7, 11) is 3.86. The highest BCUT2D eigenvalue weighted by Crippen LogP contribution is 2.10. The molecule has 6 nitrogen and oxygen atoms in total. The lowest BCUT2D eigenvalue weighted by Crippen LogP contribution is -2.41. The lowest BCUT2D eigenvalue weighted by Gasteiger charge is -2.19. The zero-order valence-corrected chi connectivity index (χ0v) is 15.6. The van der Waals surface area contributed by atoms with Crippen LogP contribution in [-0.2, 0) is 4.74 Å². The molecule has 23 heavy (non-hydrogen) atoms. The first kappa shape index (κ1) is 22.1. The summed E-state index contributed by atoms with van der Waals surface area (Å²) in [5.41, 5.74) is 0. The maximum atomic E-state index is 9.13. The fourth-order valence-electron chi connectivity index (χ4n) is 2.44. The smallest absolute Gasteiger partial charge is 0.191 e. The molecule has 3 N–H and O–H groups in total. The van der Waals surface area contributed by atoms with Crippen molar-refractivity contribution < 1.29 is 9.84 Å². The zero-order chi connectivity index (χ0) is 17.3. The Hall–Kier alpha value is -0.850. The molecule has 0 aliphatic heterocycles. The number of nitrogens with one attached hydrogen (secondary N) is 2. The van der Waals surface area contributed by atoms with Gasteiger partial charge in [0.25, 0.3) is 0 Å². The second-order valence-electron chi connectivity index (χ2n) is 5.96. The van der Waals surface area contributed by atoms with Crippen molar-refractivity contribution in [2.75, 3.05) is 60.1 Å². The number of hydrogen-bond donors (Lipinski definition) is 3. The second-order valence-corrected chi connectivity index (χ2v) is 5.96. The standard InChI is InChI=1S/C17H38N4O2/c1-5-8-16(9-13-22)15-20-17(18-6-2)19-10-12-21(3)11-7-14-23-4/h16,22H,5-15H2,1-4H3,(H2,18,19,20). The summed E-state index contributed by atoms with van der Waals surface area (Å²) in [5, 5.41) is 15.8. The number of guanidine groups is 1. The van der Waals surface area contributed by atoms with Crippen molar-refractivity contribution in [3.05, 3.63) is 0 Å². The van der Waals surface area contributed by atoms with E-state index < -0.39 is 0 Å². The maximum absolute atomic E-state index is 9.13. The molecule has 0 aromatic carbocycles. The highest BCUT2D eigenvalue weighted by Gasteiger charge is 2.07. The van der Waals surface area contributed by atoms with Crippen LogP contribution in [0.15, 0.2) is 4.99 Å². The minimum absolute atomic E-state index is 0.246. The number of likely N-dealkylation sites (N-methyl/N-ethyl adjacent to an activating group) is 1. The van der Waals surface area contributed by atoms with Gasteiger partial charge >= 0.3 is 0 Å². The van der Waals surface area contributed by atoms with Gasteiger partial charge in [-0.05, 0) is 39.2 Å². The molecule has 1 atom stereocenters. The zero-order valence-electron chi connectivity index (χ0n) is 15.6. The Morgan fingerprint density at radius 3 is 2.61 bits per heavy atom. The number of nitrogens with zero attached hydrogens (tertiary/aromatic N) is 2. The monoisotopic (exact) mass is 330 g/mol. The number of hydrogen-bond acceptors (Lipinski definition) is 4. The average molecular weight is 331 g/mol. The van der Waals surface area contributed by atoms with Crippen molar-refractivity contribution in [1.29, 1.82) is 0 Å². The number of rotatable bonds is 14. The molecular formula is C17H38N4O2. The van der Waals surface area contributed by atoms with E-state index in [0.29, 0.717) is 5.92 Å². The van der Waals surface area contributed by atoms with Gasteiger partial charge < -0.3 is 25.4 Å². The van der Waals surface area contributed by atoms with Crippen LogP contribution in [0.4, 0.5) is 0 Å². The van der Waals surface area contributed by atoms with E-state index in [0.717, 1.165) is 71.0 Å². The van der Waals surface area contributed by atoms with Crippen LogP contribution in [0.5, 0.6) is 0 Å². The quantitative estimate of drug-likeness (QED) is 0.254. The van der Waals surface area contributed by atoms with E-state index in [1.165, 1.54) is 0 Å². The first-order valence-corrected chi connectivity index (χ1v) is 8.98. The molecule has 0 aliphatic carbocycles. The maximum Gasteiger partial charge on any atom is 0.191 e. The van der Waals surface area contributed by atoms with Crippen molar-refractivity contribution >= 4 is 5.96 Å². The van der Waals surface area contributed by atoms with E-state index in [1.807, 2.05) is 0 Å². The van der Waals surface area contributed by atoms with E-state index in [4.69, 9.17) is 9.84 Å². The van der Waals surface area contributed by atoms with Crippen molar-refractivity contribution in [2.45, 2.75) is 39.5 Å². The molecule has 0 aliphatic rings. The largest absolute Gasteiger partial charge is 0.396 e. The number of aliphatic imine (C=N–C) groups is 1. The van der Waals surface area contributed by atoms with Gasteiger partial charge in [-0.1, -0.05) is 13.3 Å². The fourth-order valence-corrected chi connectivity index (χ4v) is 2.44. The van der Waals surface area contributed by atoms with Gasteiger partial charge in [-0.3, -0.25) is 4.99 Å². The van der Waals surface area contributed by atoms with Gasteiger partial charge in [0.15, 0.2) is 5.96 Å². The molecule has 0 rings (SSSR count). The van der Waals surface area contributed by atoms with Crippen LogP contribution in [0.25, 0.3) is 0 Å². The molecule has 0 fully saturated rings. The minimum atomic E-state index is 0.246. The Balaban J connectivity index is 4.14. The SMILES string of the molecule is CCCC(CCO)CN=C(NCC)NCCN(C)CCCOC. The van der Waals surface area contributed by atoms with Crippen molar-refractivity contribution in [3.8, 4) is 0 Å². The number of aliphatic hydroxyl groups is 1. The summed E-state index contributed by atoms with van der Waals surface area (Å²) >= 11 is 0. The van der Waals surface area contributed by atoms with Gasteiger partial charge in [0.1, 0.15) is 0 Å². The van der Waals surface area contributed by atoms with E-state index in [-0.39, 0.29) is 6.61 Å². The summed E-state index contributed by atoms with van der Waals surface area (Å²) in [6.45, 7) is 9.82. The Bertz CT molecular complexity index is 282. The van der Waals surface area contributed by atoms with Crippen molar-refractivity contribution in [1.82, 2.24) is 15.5 Å². The van der Waals surface area contributed by atoms with Crippen LogP contribution < -0.4 is 10.6 Å². The van der Waals surface area contributed by atoms with Crippen molar-refractivity contribution in [2.24, 2.45) is 10.9 Å². The highest BCUT2D eigenvalue weighted by molar-refractivity contribution is 5.79. The number of ether oxygens (including phenoxy) is 1. The Labute approximate surface area is 142 Å². The molecule has 1 unspecified atom stereocenters. The molecule has 0 aromatic rings. The third kappa shape index (κ3) is 13.3. The van der Waals surface area contributed by atoms with Gasteiger partial charge in [-0.15, -0.1) is 0 Å². The van der Waals surface area contributed by atoms with Crippen LogP contribution in [-0.4, -0.2) is 76.1 Å². The van der Waals surface area contributed by atoms with Gasteiger partial charge in [0.2, 0.25) is 0 Å². The van der Waals surface area contributed by atoms with Crippen LogP contribution in [0.2, 0.25) is 0 Å². The second kappa shape index (κ2) is 16.0. The predicted octanol–water partition coefficient (Wildman–Crippen LogP) is 1.31. The first-order valence-electron chi connectivity index (χ1n) is 8.98. The molecule has 0 saturated heterocycles. The molecule has 0 radical (unpaired) electrons. The molecule has 0 heterocycles. The topological polar surface area (TPSA) is 69.1 Å². The molecule has 0 amide bonds.